The summed E-state index contributed by atoms with van der Waals surface area (Å²) in [7, 11) is -2.36. The Balaban J connectivity index is 1.48. The minimum absolute atomic E-state index is 0.0140. The van der Waals surface area contributed by atoms with Gasteiger partial charge in [0.25, 0.3) is 0 Å². The lowest BCUT2D eigenvalue weighted by Gasteiger charge is -2.35. The van der Waals surface area contributed by atoms with Crippen LogP contribution in [0.1, 0.15) is 87.0 Å². The molecule has 0 unspecified atom stereocenters. The standard InChI is InChI=1S/C38H50ClN3O9S/c1-10-37(8)21-38(37,34(46)41-52(47,48)24-12-13-24)18-29(43)28-16-23(50-32-26-15-22(39)11-14-25(26)30(49-9)19-40-32)20-42(28)33(45)27(35(2,3)4)17-31(44)51-36(5,6)7/h10-11,14-15,19,23-24,27-28H,1,12-13,16-18,20-21H2,2-9H3,(H,41,46)/t23-,27-,28+,37-,38-/m1/s1. The van der Waals surface area contributed by atoms with Crippen LogP contribution in [0.3, 0.4) is 0 Å². The molecule has 0 bridgehead atoms. The molecule has 1 aromatic carbocycles. The first-order valence-corrected chi connectivity index (χ1v) is 19.5. The molecule has 1 aliphatic heterocycles. The van der Waals surface area contributed by atoms with Crippen LogP contribution >= 0.6 is 11.6 Å². The summed E-state index contributed by atoms with van der Waals surface area (Å²) in [5.41, 5.74) is -3.69. The summed E-state index contributed by atoms with van der Waals surface area (Å²) < 4.78 is 45.3. The van der Waals surface area contributed by atoms with Crippen molar-refractivity contribution in [2.75, 3.05) is 13.7 Å². The quantitative estimate of drug-likeness (QED) is 0.196. The number of hydrogen-bond acceptors (Lipinski definition) is 10. The number of ketones is 1. The van der Waals surface area contributed by atoms with Crippen molar-refractivity contribution in [1.82, 2.24) is 14.6 Å². The molecule has 52 heavy (non-hydrogen) atoms. The summed E-state index contributed by atoms with van der Waals surface area (Å²) in [5, 5.41) is 1.09. The SMILES string of the molecule is C=C[C@]1(C)C[C@]1(CC(=O)[C@@H]1C[C@@H](Oc2ncc(OC)c3ccc(Cl)cc23)CN1C(=O)[C@@H](CC(=O)OC(C)(C)C)C(C)(C)C)C(=O)NS(=O)(=O)C1CC1. The number of carbonyl (C=O) groups is 4. The van der Waals surface area contributed by atoms with E-state index < -0.39 is 78.7 Å². The fourth-order valence-corrected chi connectivity index (χ4v) is 8.71. The Hall–Kier alpha value is -3.71. The molecule has 1 aromatic heterocycles. The van der Waals surface area contributed by atoms with Crippen LogP contribution in [0.15, 0.2) is 37.1 Å². The average molecular weight is 760 g/mol. The number of halogens is 1. The van der Waals surface area contributed by atoms with Crippen molar-refractivity contribution < 1.29 is 41.8 Å². The van der Waals surface area contributed by atoms with Gasteiger partial charge >= 0.3 is 5.97 Å². The maximum atomic E-state index is 14.6. The highest BCUT2D eigenvalue weighted by molar-refractivity contribution is 7.90. The molecule has 1 saturated heterocycles. The Morgan fingerprint density at radius 1 is 1.13 bits per heavy atom. The number of sulfonamides is 1. The van der Waals surface area contributed by atoms with Gasteiger partial charge < -0.3 is 19.1 Å². The molecule has 2 aromatic rings. The monoisotopic (exact) mass is 759 g/mol. The molecule has 284 valence electrons. The Morgan fingerprint density at radius 2 is 1.81 bits per heavy atom. The molecule has 2 heterocycles. The summed E-state index contributed by atoms with van der Waals surface area (Å²) in [6, 6.07) is 4.15. The predicted molar refractivity (Wildman–Crippen MR) is 196 cm³/mol. The molecule has 1 N–H and O–H groups in total. The highest BCUT2D eigenvalue weighted by Gasteiger charge is 2.69. The largest absolute Gasteiger partial charge is 0.494 e. The van der Waals surface area contributed by atoms with Gasteiger partial charge in [0.1, 0.15) is 17.5 Å². The van der Waals surface area contributed by atoms with Crippen molar-refractivity contribution in [3.8, 4) is 11.6 Å². The molecule has 5 rings (SSSR count). The number of carbonyl (C=O) groups excluding carboxylic acids is 4. The minimum Gasteiger partial charge on any atom is -0.494 e. The lowest BCUT2D eigenvalue weighted by Crippen LogP contribution is -2.49. The van der Waals surface area contributed by atoms with Crippen molar-refractivity contribution >= 4 is 56.0 Å². The van der Waals surface area contributed by atoms with Gasteiger partial charge in [0, 0.05) is 34.1 Å². The van der Waals surface area contributed by atoms with E-state index >= 15 is 0 Å². The molecular formula is C38H50ClN3O9S. The van der Waals surface area contributed by atoms with E-state index in [1.54, 1.807) is 52.0 Å². The number of benzene rings is 1. The highest BCUT2D eigenvalue weighted by atomic mass is 35.5. The summed E-state index contributed by atoms with van der Waals surface area (Å²) in [6.45, 7) is 16.4. The molecule has 14 heteroatoms. The third-order valence-electron chi connectivity index (χ3n) is 10.5. The normalized spacial score (nSPS) is 25.3. The van der Waals surface area contributed by atoms with Crippen LogP contribution < -0.4 is 14.2 Å². The number of rotatable bonds is 13. The molecule has 0 spiro atoms. The summed E-state index contributed by atoms with van der Waals surface area (Å²) >= 11 is 6.34. The second kappa shape index (κ2) is 13.9. The van der Waals surface area contributed by atoms with Crippen LogP contribution in [0.2, 0.25) is 5.02 Å². The van der Waals surface area contributed by atoms with E-state index in [0.29, 0.717) is 34.4 Å². The summed E-state index contributed by atoms with van der Waals surface area (Å²) in [4.78, 5) is 61.8. The van der Waals surface area contributed by atoms with E-state index in [1.807, 2.05) is 20.8 Å². The van der Waals surface area contributed by atoms with Crippen LogP contribution in [0.4, 0.5) is 0 Å². The van der Waals surface area contributed by atoms with Crippen molar-refractivity contribution in [3.05, 3.63) is 42.1 Å². The third kappa shape index (κ3) is 8.10. The maximum Gasteiger partial charge on any atom is 0.307 e. The van der Waals surface area contributed by atoms with Gasteiger partial charge in [-0.05, 0) is 63.6 Å². The average Bonchev–Trinajstić information content (AvgIpc) is 3.94. The molecule has 12 nitrogen and oxygen atoms in total. The van der Waals surface area contributed by atoms with Crippen molar-refractivity contribution in [1.29, 1.82) is 0 Å². The molecule has 5 atom stereocenters. The number of methoxy groups -OCH3 is 1. The Labute approximate surface area is 311 Å². The van der Waals surface area contributed by atoms with Gasteiger partial charge in [0.05, 0.1) is 48.9 Å². The zero-order chi connectivity index (χ0) is 38.6. The number of fused-ring (bicyclic) bond motifs is 1. The summed E-state index contributed by atoms with van der Waals surface area (Å²) in [5.74, 6) is -2.29. The number of aromatic nitrogens is 1. The van der Waals surface area contributed by atoms with E-state index in [0.717, 1.165) is 0 Å². The topological polar surface area (TPSA) is 158 Å². The fraction of sp³-hybridized carbons (Fsp3) is 0.605. The number of Topliss-reactive ketones (excluding diaryl/α,β-unsaturated/α-hetero) is 1. The number of hydrogen-bond donors (Lipinski definition) is 1. The van der Waals surface area contributed by atoms with E-state index in [9.17, 15) is 27.6 Å². The number of allylic oxidation sites excluding steroid dienone is 1. The molecular weight excluding hydrogens is 710 g/mol. The van der Waals surface area contributed by atoms with Gasteiger partial charge in [-0.2, -0.15) is 0 Å². The predicted octanol–water partition coefficient (Wildman–Crippen LogP) is 5.79. The van der Waals surface area contributed by atoms with Gasteiger partial charge in [-0.1, -0.05) is 45.4 Å². The smallest absolute Gasteiger partial charge is 0.307 e. The number of esters is 1. The molecule has 3 aliphatic rings. The second-order valence-electron chi connectivity index (χ2n) is 16.7. The first-order valence-electron chi connectivity index (χ1n) is 17.6. The second-order valence-corrected chi connectivity index (χ2v) is 19.1. The van der Waals surface area contributed by atoms with Crippen molar-refractivity contribution in [3.63, 3.8) is 0 Å². The van der Waals surface area contributed by atoms with E-state index in [-0.39, 0.29) is 38.1 Å². The Kier molecular flexibility index (Phi) is 10.6. The first kappa shape index (κ1) is 39.5. The minimum atomic E-state index is -3.89. The third-order valence-corrected chi connectivity index (χ3v) is 12.6. The van der Waals surface area contributed by atoms with Crippen LogP contribution in [0.5, 0.6) is 11.6 Å². The molecule has 2 aliphatic carbocycles. The molecule has 0 radical (unpaired) electrons. The van der Waals surface area contributed by atoms with Gasteiger partial charge in [-0.3, -0.25) is 23.9 Å². The van der Waals surface area contributed by atoms with Gasteiger partial charge in [0.15, 0.2) is 5.78 Å². The number of ether oxygens (including phenoxy) is 3. The Morgan fingerprint density at radius 3 is 2.37 bits per heavy atom. The number of nitrogens with zero attached hydrogens (tertiary/aromatic N) is 2. The highest BCUT2D eigenvalue weighted by Crippen LogP contribution is 2.67. The number of nitrogens with one attached hydrogen (secondary N) is 1. The van der Waals surface area contributed by atoms with E-state index in [2.05, 4.69) is 16.3 Å². The number of pyridine rings is 1. The van der Waals surface area contributed by atoms with Crippen molar-refractivity contribution in [2.45, 2.75) is 110 Å². The lowest BCUT2D eigenvalue weighted by molar-refractivity contribution is -0.161. The zero-order valence-corrected chi connectivity index (χ0v) is 32.8. The van der Waals surface area contributed by atoms with Gasteiger partial charge in [-0.15, -0.1) is 6.58 Å². The molecule has 3 fully saturated rings. The number of likely N-dealkylation sites (tertiary alicyclic amines) is 1. The van der Waals surface area contributed by atoms with Crippen LogP contribution in [-0.4, -0.2) is 78.5 Å². The van der Waals surface area contributed by atoms with Crippen LogP contribution in [-0.2, 0) is 33.9 Å². The van der Waals surface area contributed by atoms with Crippen molar-refractivity contribution in [2.24, 2.45) is 22.2 Å². The Bertz CT molecular complexity index is 1900. The summed E-state index contributed by atoms with van der Waals surface area (Å²) in [6.07, 6.45) is 3.06. The maximum absolute atomic E-state index is 14.6. The number of amides is 2. The molecule has 2 saturated carbocycles. The van der Waals surface area contributed by atoms with E-state index in [4.69, 9.17) is 25.8 Å². The van der Waals surface area contributed by atoms with Crippen LogP contribution in [0, 0.1) is 22.2 Å². The fourth-order valence-electron chi connectivity index (χ4n) is 7.16. The van der Waals surface area contributed by atoms with Crippen LogP contribution in [0.25, 0.3) is 10.8 Å². The lowest BCUT2D eigenvalue weighted by atomic mass is 9.77. The molecule has 2 amide bonds. The van der Waals surface area contributed by atoms with Gasteiger partial charge in [0.2, 0.25) is 27.7 Å². The van der Waals surface area contributed by atoms with E-state index in [1.165, 1.54) is 18.2 Å². The zero-order valence-electron chi connectivity index (χ0n) is 31.2. The first-order chi connectivity index (χ1) is 24.0. The van der Waals surface area contributed by atoms with Gasteiger partial charge in [-0.25, -0.2) is 13.4 Å².